The lowest BCUT2D eigenvalue weighted by Crippen LogP contribution is -2.44. The van der Waals surface area contributed by atoms with Gasteiger partial charge >= 0.3 is 12.0 Å². The van der Waals surface area contributed by atoms with Crippen molar-refractivity contribution in [1.82, 2.24) is 10.2 Å². The lowest BCUT2D eigenvalue weighted by atomic mass is 9.92. The fourth-order valence-corrected chi connectivity index (χ4v) is 4.02. The molecular formula is C20H29N3O5S. The van der Waals surface area contributed by atoms with E-state index in [4.69, 9.17) is 4.74 Å². The minimum atomic E-state index is -1.00. The number of carbonyl (C=O) groups is 4. The average Bonchev–Trinajstić information content (AvgIpc) is 3.15. The summed E-state index contributed by atoms with van der Waals surface area (Å²) >= 11 is 1.28. The monoisotopic (exact) mass is 423 g/mol. The van der Waals surface area contributed by atoms with Crippen LogP contribution < -0.4 is 10.6 Å². The largest absolute Gasteiger partial charge is 0.462 e. The molecule has 4 amide bonds. The summed E-state index contributed by atoms with van der Waals surface area (Å²) in [7, 11) is 0. The van der Waals surface area contributed by atoms with Crippen molar-refractivity contribution in [2.24, 2.45) is 5.92 Å². The third-order valence-corrected chi connectivity index (χ3v) is 5.94. The molecule has 1 aliphatic heterocycles. The van der Waals surface area contributed by atoms with E-state index in [9.17, 15) is 19.2 Å². The van der Waals surface area contributed by atoms with E-state index in [-0.39, 0.29) is 12.2 Å². The van der Waals surface area contributed by atoms with E-state index in [0.717, 1.165) is 16.2 Å². The number of rotatable bonds is 9. The van der Waals surface area contributed by atoms with Gasteiger partial charge in [0.2, 0.25) is 5.91 Å². The van der Waals surface area contributed by atoms with E-state index in [2.05, 4.69) is 10.6 Å². The second-order valence-electron chi connectivity index (χ2n) is 7.66. The van der Waals surface area contributed by atoms with Crippen LogP contribution in [0.25, 0.3) is 0 Å². The van der Waals surface area contributed by atoms with Crippen LogP contribution in [0.15, 0.2) is 6.07 Å². The highest BCUT2D eigenvalue weighted by Crippen LogP contribution is 2.30. The number of nitrogens with zero attached hydrogens (tertiary/aromatic N) is 1. The summed E-state index contributed by atoms with van der Waals surface area (Å²) < 4.78 is 5.04. The molecule has 2 N–H and O–H groups in total. The summed E-state index contributed by atoms with van der Waals surface area (Å²) in [6.45, 7) is 9.23. The first-order valence-corrected chi connectivity index (χ1v) is 10.7. The lowest BCUT2D eigenvalue weighted by Gasteiger charge is -2.22. The Bertz CT molecular complexity index is 804. The van der Waals surface area contributed by atoms with Gasteiger partial charge in [0.15, 0.2) is 0 Å². The molecule has 1 aromatic heterocycles. The van der Waals surface area contributed by atoms with Crippen LogP contribution in [0.2, 0.25) is 0 Å². The van der Waals surface area contributed by atoms with Gasteiger partial charge in [-0.05, 0) is 45.1 Å². The fourth-order valence-electron chi connectivity index (χ4n) is 3.02. The van der Waals surface area contributed by atoms with E-state index in [1.165, 1.54) is 11.3 Å². The lowest BCUT2D eigenvalue weighted by molar-refractivity contribution is -0.133. The van der Waals surface area contributed by atoms with Crippen LogP contribution in [-0.2, 0) is 20.7 Å². The fraction of sp³-hybridized carbons (Fsp3) is 0.600. The SMILES string of the molecule is CCOC(=O)c1cc(CC)sc1NC(=O)CN1C(=O)N[C@](C)(CCC(C)C)C1=O. The number of hydrogen-bond donors (Lipinski definition) is 2. The molecule has 160 valence electrons. The third-order valence-electron chi connectivity index (χ3n) is 4.75. The summed E-state index contributed by atoms with van der Waals surface area (Å²) in [6, 6.07) is 1.11. The van der Waals surface area contributed by atoms with Crippen molar-refractivity contribution in [3.8, 4) is 0 Å². The Balaban J connectivity index is 2.09. The molecule has 1 fully saturated rings. The van der Waals surface area contributed by atoms with E-state index in [1.54, 1.807) is 19.9 Å². The normalized spacial score (nSPS) is 18.9. The quantitative estimate of drug-likeness (QED) is 0.469. The zero-order valence-electron chi connectivity index (χ0n) is 17.6. The van der Waals surface area contributed by atoms with Crippen molar-refractivity contribution in [3.63, 3.8) is 0 Å². The molecule has 1 aliphatic rings. The molecule has 29 heavy (non-hydrogen) atoms. The minimum Gasteiger partial charge on any atom is -0.462 e. The number of esters is 1. The highest BCUT2D eigenvalue weighted by molar-refractivity contribution is 7.16. The second-order valence-corrected chi connectivity index (χ2v) is 8.80. The minimum absolute atomic E-state index is 0.223. The van der Waals surface area contributed by atoms with Crippen LogP contribution in [0.1, 0.15) is 62.7 Å². The van der Waals surface area contributed by atoms with Gasteiger partial charge in [0.05, 0.1) is 12.2 Å². The molecule has 8 nitrogen and oxygen atoms in total. The third kappa shape index (κ3) is 5.35. The van der Waals surface area contributed by atoms with Crippen LogP contribution in [0.4, 0.5) is 9.80 Å². The van der Waals surface area contributed by atoms with E-state index in [1.807, 2.05) is 20.8 Å². The van der Waals surface area contributed by atoms with Gasteiger partial charge < -0.3 is 15.4 Å². The number of imide groups is 1. The first-order chi connectivity index (χ1) is 13.6. The summed E-state index contributed by atoms with van der Waals surface area (Å²) in [4.78, 5) is 51.5. The molecule has 1 atom stereocenters. The predicted octanol–water partition coefficient (Wildman–Crippen LogP) is 3.17. The van der Waals surface area contributed by atoms with Gasteiger partial charge in [-0.25, -0.2) is 9.59 Å². The Labute approximate surface area is 175 Å². The maximum atomic E-state index is 12.7. The number of aryl methyl sites for hydroxylation is 1. The summed E-state index contributed by atoms with van der Waals surface area (Å²) in [5.41, 5.74) is -0.725. The van der Waals surface area contributed by atoms with Crippen molar-refractivity contribution < 1.29 is 23.9 Å². The standard InChI is InChI=1S/C20H29N3O5S/c1-6-13-10-14(17(25)28-7-2)16(29-13)21-15(24)11-23-18(26)20(5,22-19(23)27)9-8-12(3)4/h10,12H,6-9,11H2,1-5H3,(H,21,24)(H,22,27)/t20-/m1/s1. The number of thiophene rings is 1. The van der Waals surface area contributed by atoms with Gasteiger partial charge in [-0.15, -0.1) is 11.3 Å². The van der Waals surface area contributed by atoms with Gasteiger partial charge in [-0.2, -0.15) is 0 Å². The Kier molecular flexibility index (Phi) is 7.40. The van der Waals surface area contributed by atoms with Crippen LogP contribution in [0.5, 0.6) is 0 Å². The summed E-state index contributed by atoms with van der Waals surface area (Å²) in [6.07, 6.45) is 1.99. The van der Waals surface area contributed by atoms with Crippen LogP contribution in [-0.4, -0.2) is 47.4 Å². The Morgan fingerprint density at radius 1 is 1.31 bits per heavy atom. The maximum Gasteiger partial charge on any atom is 0.341 e. The highest BCUT2D eigenvalue weighted by atomic mass is 32.1. The zero-order chi connectivity index (χ0) is 21.8. The first kappa shape index (κ1) is 22.9. The highest BCUT2D eigenvalue weighted by Gasteiger charge is 2.47. The molecule has 0 spiro atoms. The molecule has 0 aromatic carbocycles. The number of hydrogen-bond acceptors (Lipinski definition) is 6. The van der Waals surface area contributed by atoms with Gasteiger partial charge in [-0.1, -0.05) is 20.8 Å². The topological polar surface area (TPSA) is 105 Å². The molecule has 2 rings (SSSR count). The van der Waals surface area contributed by atoms with Crippen molar-refractivity contribution >= 4 is 40.2 Å². The predicted molar refractivity (Wildman–Crippen MR) is 111 cm³/mol. The van der Waals surface area contributed by atoms with Gasteiger partial charge in [0, 0.05) is 4.88 Å². The van der Waals surface area contributed by atoms with E-state index >= 15 is 0 Å². The summed E-state index contributed by atoms with van der Waals surface area (Å²) in [5, 5.41) is 5.72. The van der Waals surface area contributed by atoms with Gasteiger partial charge in [-0.3, -0.25) is 14.5 Å². The molecule has 2 heterocycles. The average molecular weight is 424 g/mol. The molecular weight excluding hydrogens is 394 g/mol. The molecule has 0 unspecified atom stereocenters. The first-order valence-electron chi connectivity index (χ1n) is 9.85. The molecule has 0 radical (unpaired) electrons. The zero-order valence-corrected chi connectivity index (χ0v) is 18.4. The Morgan fingerprint density at radius 2 is 2.00 bits per heavy atom. The number of ether oxygens (including phenoxy) is 1. The number of anilines is 1. The summed E-state index contributed by atoms with van der Waals surface area (Å²) in [5.74, 6) is -1.09. The van der Waals surface area contributed by atoms with Crippen molar-refractivity contribution in [1.29, 1.82) is 0 Å². The number of amides is 4. The van der Waals surface area contributed by atoms with Gasteiger partial charge in [0.1, 0.15) is 17.1 Å². The number of urea groups is 1. The maximum absolute atomic E-state index is 12.7. The molecule has 0 bridgehead atoms. The van der Waals surface area contributed by atoms with Crippen LogP contribution >= 0.6 is 11.3 Å². The Hall–Kier alpha value is -2.42. The number of nitrogens with one attached hydrogen (secondary N) is 2. The van der Waals surface area contributed by atoms with Crippen molar-refractivity contribution in [3.05, 3.63) is 16.5 Å². The molecule has 0 saturated carbocycles. The Morgan fingerprint density at radius 3 is 2.59 bits per heavy atom. The van der Waals surface area contributed by atoms with E-state index < -0.39 is 35.9 Å². The van der Waals surface area contributed by atoms with Gasteiger partial charge in [0.25, 0.3) is 5.91 Å². The van der Waals surface area contributed by atoms with E-state index in [0.29, 0.717) is 23.8 Å². The van der Waals surface area contributed by atoms with Crippen molar-refractivity contribution in [2.75, 3.05) is 18.5 Å². The molecule has 0 aliphatic carbocycles. The van der Waals surface area contributed by atoms with Crippen LogP contribution in [0, 0.1) is 5.92 Å². The number of carbonyl (C=O) groups excluding carboxylic acids is 4. The molecule has 1 aromatic rings. The van der Waals surface area contributed by atoms with Crippen LogP contribution in [0.3, 0.4) is 0 Å². The molecule has 1 saturated heterocycles. The van der Waals surface area contributed by atoms with Crippen molar-refractivity contribution in [2.45, 2.75) is 59.4 Å². The smallest absolute Gasteiger partial charge is 0.341 e. The second kappa shape index (κ2) is 9.39. The molecule has 9 heteroatoms.